The zero-order valence-electron chi connectivity index (χ0n) is 15.8. The standard InChI is InChI=1S/C21H26N4O2/c1-2-3-12-22-20(26)18-17-10-6-7-13-24(17)19(23-18)21(27)25-14-11-15-8-4-5-9-16(15)25/h4-5,8-9H,2-3,6-7,10-14H2,1H3,(H,22,26). The second-order valence-corrected chi connectivity index (χ2v) is 7.28. The van der Waals surface area contributed by atoms with Crippen molar-refractivity contribution in [3.05, 3.63) is 47.0 Å². The largest absolute Gasteiger partial charge is 0.351 e. The Morgan fingerprint density at radius 1 is 1.15 bits per heavy atom. The second-order valence-electron chi connectivity index (χ2n) is 7.28. The molecule has 4 rings (SSSR count). The maximum Gasteiger partial charge on any atom is 0.294 e. The fraction of sp³-hybridized carbons (Fsp3) is 0.476. The first-order chi connectivity index (χ1) is 13.2. The topological polar surface area (TPSA) is 67.2 Å². The fourth-order valence-electron chi connectivity index (χ4n) is 4.02. The Morgan fingerprint density at radius 3 is 2.85 bits per heavy atom. The number of carbonyl (C=O) groups excluding carboxylic acids is 2. The lowest BCUT2D eigenvalue weighted by atomic mass is 10.1. The average molecular weight is 366 g/mol. The summed E-state index contributed by atoms with van der Waals surface area (Å²) < 4.78 is 1.97. The number of nitrogens with zero attached hydrogens (tertiary/aromatic N) is 3. The van der Waals surface area contributed by atoms with Crippen LogP contribution >= 0.6 is 0 Å². The van der Waals surface area contributed by atoms with Crippen LogP contribution in [0.5, 0.6) is 0 Å². The van der Waals surface area contributed by atoms with Gasteiger partial charge in [-0.3, -0.25) is 9.59 Å². The smallest absolute Gasteiger partial charge is 0.294 e. The molecule has 142 valence electrons. The van der Waals surface area contributed by atoms with Gasteiger partial charge in [-0.25, -0.2) is 4.98 Å². The summed E-state index contributed by atoms with van der Waals surface area (Å²) in [6.45, 7) is 4.15. The van der Waals surface area contributed by atoms with Crippen LogP contribution in [-0.4, -0.2) is 34.5 Å². The van der Waals surface area contributed by atoms with Gasteiger partial charge in [0, 0.05) is 25.3 Å². The Balaban J connectivity index is 1.65. The molecule has 2 aliphatic rings. The van der Waals surface area contributed by atoms with E-state index in [1.165, 1.54) is 5.56 Å². The molecule has 0 aliphatic carbocycles. The predicted octanol–water partition coefficient (Wildman–Crippen LogP) is 2.95. The van der Waals surface area contributed by atoms with Gasteiger partial charge in [0.05, 0.1) is 5.69 Å². The lowest BCUT2D eigenvalue weighted by molar-refractivity contribution is 0.0947. The summed E-state index contributed by atoms with van der Waals surface area (Å²) in [6, 6.07) is 8.01. The number of hydrogen-bond acceptors (Lipinski definition) is 3. The maximum absolute atomic E-state index is 13.3. The van der Waals surface area contributed by atoms with Crippen molar-refractivity contribution in [3.63, 3.8) is 0 Å². The van der Waals surface area contributed by atoms with Gasteiger partial charge in [-0.2, -0.15) is 0 Å². The highest BCUT2D eigenvalue weighted by atomic mass is 16.2. The van der Waals surface area contributed by atoms with Gasteiger partial charge in [0.1, 0.15) is 5.69 Å². The third kappa shape index (κ3) is 3.24. The lowest BCUT2D eigenvalue weighted by Gasteiger charge is -2.20. The molecule has 0 radical (unpaired) electrons. The molecule has 1 aromatic carbocycles. The van der Waals surface area contributed by atoms with E-state index in [2.05, 4.69) is 23.3 Å². The number of rotatable bonds is 5. The van der Waals surface area contributed by atoms with Crippen molar-refractivity contribution in [3.8, 4) is 0 Å². The molecule has 0 spiro atoms. The highest BCUT2D eigenvalue weighted by Crippen LogP contribution is 2.30. The molecular weight excluding hydrogens is 340 g/mol. The molecule has 1 N–H and O–H groups in total. The Bertz CT molecular complexity index is 871. The molecule has 27 heavy (non-hydrogen) atoms. The van der Waals surface area contributed by atoms with Gasteiger partial charge >= 0.3 is 0 Å². The van der Waals surface area contributed by atoms with Crippen LogP contribution in [0.25, 0.3) is 0 Å². The highest BCUT2D eigenvalue weighted by Gasteiger charge is 2.32. The maximum atomic E-state index is 13.3. The molecule has 1 aromatic heterocycles. The molecule has 0 unspecified atom stereocenters. The molecule has 6 heteroatoms. The van der Waals surface area contributed by atoms with Gasteiger partial charge < -0.3 is 14.8 Å². The zero-order valence-corrected chi connectivity index (χ0v) is 15.8. The normalized spacial score (nSPS) is 15.4. The number of para-hydroxylation sites is 1. The molecule has 0 atom stereocenters. The Kier molecular flexibility index (Phi) is 4.97. The number of nitrogens with one attached hydrogen (secondary N) is 1. The van der Waals surface area contributed by atoms with Crippen LogP contribution in [0.15, 0.2) is 24.3 Å². The van der Waals surface area contributed by atoms with Crippen molar-refractivity contribution in [1.29, 1.82) is 0 Å². The molecular formula is C21H26N4O2. The molecule has 0 fully saturated rings. The number of carbonyl (C=O) groups is 2. The van der Waals surface area contributed by atoms with Gasteiger partial charge in [0.15, 0.2) is 0 Å². The van der Waals surface area contributed by atoms with E-state index < -0.39 is 0 Å². The van der Waals surface area contributed by atoms with Crippen molar-refractivity contribution >= 4 is 17.5 Å². The van der Waals surface area contributed by atoms with Crippen molar-refractivity contribution in [2.75, 3.05) is 18.0 Å². The Morgan fingerprint density at radius 2 is 2.00 bits per heavy atom. The molecule has 3 heterocycles. The van der Waals surface area contributed by atoms with Crippen LogP contribution in [0.2, 0.25) is 0 Å². The van der Waals surface area contributed by atoms with Crippen molar-refractivity contribution in [2.45, 2.75) is 52.0 Å². The summed E-state index contributed by atoms with van der Waals surface area (Å²) >= 11 is 0. The first-order valence-corrected chi connectivity index (χ1v) is 9.98. The minimum Gasteiger partial charge on any atom is -0.351 e. The summed E-state index contributed by atoms with van der Waals surface area (Å²) in [6.07, 6.45) is 5.67. The first kappa shape index (κ1) is 17.8. The molecule has 2 aromatic rings. The van der Waals surface area contributed by atoms with Crippen LogP contribution in [0.4, 0.5) is 5.69 Å². The average Bonchev–Trinajstić information content (AvgIpc) is 3.30. The quantitative estimate of drug-likeness (QED) is 0.828. The molecule has 2 amide bonds. The van der Waals surface area contributed by atoms with E-state index in [9.17, 15) is 9.59 Å². The van der Waals surface area contributed by atoms with Gasteiger partial charge in [-0.1, -0.05) is 31.5 Å². The summed E-state index contributed by atoms with van der Waals surface area (Å²) in [5.41, 5.74) is 3.49. The number of anilines is 1. The van der Waals surface area contributed by atoms with Crippen molar-refractivity contribution in [1.82, 2.24) is 14.9 Å². The molecule has 0 saturated carbocycles. The molecule has 6 nitrogen and oxygen atoms in total. The van der Waals surface area contributed by atoms with E-state index in [4.69, 9.17) is 0 Å². The summed E-state index contributed by atoms with van der Waals surface area (Å²) in [5.74, 6) is 0.146. The van der Waals surface area contributed by atoms with E-state index >= 15 is 0 Å². The minimum absolute atomic E-state index is 0.101. The SMILES string of the molecule is CCCCNC(=O)c1nc(C(=O)N2CCc3ccccc32)n2c1CCCC2. The molecule has 0 bridgehead atoms. The minimum atomic E-state index is -0.157. The van der Waals surface area contributed by atoms with Gasteiger partial charge in [-0.05, 0) is 43.7 Å². The highest BCUT2D eigenvalue weighted by molar-refractivity contribution is 6.06. The van der Waals surface area contributed by atoms with Crippen LogP contribution < -0.4 is 10.2 Å². The van der Waals surface area contributed by atoms with Crippen LogP contribution in [0.3, 0.4) is 0 Å². The second kappa shape index (κ2) is 7.55. The predicted molar refractivity (Wildman–Crippen MR) is 104 cm³/mol. The number of imidazole rings is 1. The monoisotopic (exact) mass is 366 g/mol. The van der Waals surface area contributed by atoms with E-state index in [0.717, 1.165) is 56.5 Å². The lowest BCUT2D eigenvalue weighted by Crippen LogP contribution is -2.32. The van der Waals surface area contributed by atoms with E-state index in [-0.39, 0.29) is 11.8 Å². The third-order valence-electron chi connectivity index (χ3n) is 5.47. The van der Waals surface area contributed by atoms with Crippen LogP contribution in [0, 0.1) is 0 Å². The number of unbranched alkanes of at least 4 members (excludes halogenated alkanes) is 1. The van der Waals surface area contributed by atoms with Crippen LogP contribution in [-0.2, 0) is 19.4 Å². The van der Waals surface area contributed by atoms with E-state index in [0.29, 0.717) is 24.6 Å². The van der Waals surface area contributed by atoms with E-state index in [1.807, 2.05) is 22.8 Å². The van der Waals surface area contributed by atoms with Crippen LogP contribution in [0.1, 0.15) is 65.0 Å². The first-order valence-electron chi connectivity index (χ1n) is 9.98. The molecule has 2 aliphatic heterocycles. The summed E-state index contributed by atoms with van der Waals surface area (Å²) in [4.78, 5) is 32.3. The fourth-order valence-corrected chi connectivity index (χ4v) is 4.02. The number of aromatic nitrogens is 2. The molecule has 0 saturated heterocycles. The van der Waals surface area contributed by atoms with E-state index in [1.54, 1.807) is 4.90 Å². The van der Waals surface area contributed by atoms with Crippen molar-refractivity contribution in [2.24, 2.45) is 0 Å². The number of hydrogen-bond donors (Lipinski definition) is 1. The summed E-state index contributed by atoms with van der Waals surface area (Å²) in [5, 5.41) is 2.95. The number of benzene rings is 1. The van der Waals surface area contributed by atoms with Crippen molar-refractivity contribution < 1.29 is 9.59 Å². The third-order valence-corrected chi connectivity index (χ3v) is 5.47. The number of amides is 2. The summed E-state index contributed by atoms with van der Waals surface area (Å²) in [7, 11) is 0. The van der Waals surface area contributed by atoms with Gasteiger partial charge in [0.25, 0.3) is 11.8 Å². The van der Waals surface area contributed by atoms with Gasteiger partial charge in [0.2, 0.25) is 5.82 Å². The zero-order chi connectivity index (χ0) is 18.8. The number of fused-ring (bicyclic) bond motifs is 2. The Hall–Kier alpha value is -2.63. The Labute approximate surface area is 159 Å². The van der Waals surface area contributed by atoms with Gasteiger partial charge in [-0.15, -0.1) is 0 Å².